The lowest BCUT2D eigenvalue weighted by Gasteiger charge is -2.46. The molecular weight excluding hydrogens is 236 g/mol. The molecule has 1 aliphatic heterocycles. The number of ether oxygens (including phenoxy) is 1. The first-order valence-corrected chi connectivity index (χ1v) is 7.87. The predicted molar refractivity (Wildman–Crippen MR) is 79.7 cm³/mol. The number of hydrogen-bond acceptors (Lipinski definition) is 3. The SMILES string of the molecule is CC1(C)CC(C(NN)C2(C)CCCCC2)C(C)(C)O1. The molecule has 0 aromatic rings. The Morgan fingerprint density at radius 2 is 1.63 bits per heavy atom. The highest BCUT2D eigenvalue weighted by molar-refractivity contribution is 5.04. The molecule has 1 saturated heterocycles. The van der Waals surface area contributed by atoms with Crippen LogP contribution in [0.25, 0.3) is 0 Å². The largest absolute Gasteiger partial charge is 0.369 e. The van der Waals surface area contributed by atoms with Gasteiger partial charge in [0.05, 0.1) is 11.2 Å². The van der Waals surface area contributed by atoms with Crippen molar-refractivity contribution >= 4 is 0 Å². The van der Waals surface area contributed by atoms with Gasteiger partial charge >= 0.3 is 0 Å². The third-order valence-electron chi connectivity index (χ3n) is 5.47. The van der Waals surface area contributed by atoms with Gasteiger partial charge in [0.15, 0.2) is 0 Å². The molecule has 1 saturated carbocycles. The maximum atomic E-state index is 6.27. The van der Waals surface area contributed by atoms with Gasteiger partial charge in [0, 0.05) is 12.0 Å². The number of hydrogen-bond donors (Lipinski definition) is 2. The average Bonchev–Trinajstić information content (AvgIpc) is 2.48. The molecule has 3 N–H and O–H groups in total. The van der Waals surface area contributed by atoms with Crippen LogP contribution in [0.5, 0.6) is 0 Å². The van der Waals surface area contributed by atoms with Crippen molar-refractivity contribution in [3.63, 3.8) is 0 Å². The first-order chi connectivity index (χ1) is 8.70. The zero-order chi connectivity index (χ0) is 14.3. The Balaban J connectivity index is 2.22. The molecule has 0 aromatic carbocycles. The van der Waals surface area contributed by atoms with Crippen LogP contribution in [0, 0.1) is 11.3 Å². The topological polar surface area (TPSA) is 47.3 Å². The van der Waals surface area contributed by atoms with Gasteiger partial charge in [0.2, 0.25) is 0 Å². The van der Waals surface area contributed by atoms with Crippen LogP contribution in [0.1, 0.15) is 73.1 Å². The van der Waals surface area contributed by atoms with Crippen molar-refractivity contribution in [1.82, 2.24) is 5.43 Å². The highest BCUT2D eigenvalue weighted by atomic mass is 16.5. The van der Waals surface area contributed by atoms with E-state index >= 15 is 0 Å². The van der Waals surface area contributed by atoms with E-state index in [4.69, 9.17) is 10.6 Å². The fourth-order valence-electron chi connectivity index (χ4n) is 4.60. The summed E-state index contributed by atoms with van der Waals surface area (Å²) in [6.07, 6.45) is 7.72. The van der Waals surface area contributed by atoms with E-state index in [9.17, 15) is 0 Å². The van der Waals surface area contributed by atoms with Gasteiger partial charge < -0.3 is 4.74 Å². The van der Waals surface area contributed by atoms with Crippen LogP contribution in [0.4, 0.5) is 0 Å². The van der Waals surface area contributed by atoms with Gasteiger partial charge in [-0.2, -0.15) is 0 Å². The van der Waals surface area contributed by atoms with Crippen LogP contribution in [0.2, 0.25) is 0 Å². The lowest BCUT2D eigenvalue weighted by molar-refractivity contribution is -0.0842. The Morgan fingerprint density at radius 1 is 1.05 bits per heavy atom. The van der Waals surface area contributed by atoms with Crippen LogP contribution >= 0.6 is 0 Å². The molecular formula is C16H32N2O. The number of nitrogens with two attached hydrogens (primary N) is 1. The van der Waals surface area contributed by atoms with E-state index < -0.39 is 0 Å². The molecule has 1 aliphatic carbocycles. The molecule has 1 heterocycles. The summed E-state index contributed by atoms with van der Waals surface area (Å²) in [4.78, 5) is 0. The van der Waals surface area contributed by atoms with Crippen LogP contribution in [0.15, 0.2) is 0 Å². The maximum Gasteiger partial charge on any atom is 0.0678 e. The first-order valence-electron chi connectivity index (χ1n) is 7.87. The predicted octanol–water partition coefficient (Wildman–Crippen LogP) is 3.38. The number of nitrogens with one attached hydrogen (secondary N) is 1. The smallest absolute Gasteiger partial charge is 0.0678 e. The molecule has 2 fully saturated rings. The molecule has 0 aromatic heterocycles. The molecule has 2 atom stereocenters. The molecule has 2 unspecified atom stereocenters. The Bertz CT molecular complexity index is 319. The quantitative estimate of drug-likeness (QED) is 0.609. The molecule has 2 rings (SSSR count). The second kappa shape index (κ2) is 5.01. The minimum atomic E-state index is -0.0962. The fraction of sp³-hybridized carbons (Fsp3) is 1.00. The summed E-state index contributed by atoms with van der Waals surface area (Å²) in [6, 6.07) is 0.351. The summed E-state index contributed by atoms with van der Waals surface area (Å²) in [5, 5.41) is 0. The van der Waals surface area contributed by atoms with Crippen LogP contribution in [0.3, 0.4) is 0 Å². The lowest BCUT2D eigenvalue weighted by Crippen LogP contribution is -2.56. The van der Waals surface area contributed by atoms with Gasteiger partial charge in [0.25, 0.3) is 0 Å². The molecule has 112 valence electrons. The number of rotatable bonds is 3. The minimum Gasteiger partial charge on any atom is -0.369 e. The van der Waals surface area contributed by atoms with E-state index in [1.165, 1.54) is 32.1 Å². The molecule has 2 aliphatic rings. The van der Waals surface area contributed by atoms with Gasteiger partial charge in [-0.3, -0.25) is 11.3 Å². The van der Waals surface area contributed by atoms with Crippen molar-refractivity contribution in [2.75, 3.05) is 0 Å². The van der Waals surface area contributed by atoms with Gasteiger partial charge in [-0.1, -0.05) is 26.2 Å². The van der Waals surface area contributed by atoms with E-state index in [0.29, 0.717) is 17.4 Å². The summed E-state index contributed by atoms with van der Waals surface area (Å²) in [5.74, 6) is 6.45. The van der Waals surface area contributed by atoms with Crippen molar-refractivity contribution in [2.45, 2.75) is 90.4 Å². The van der Waals surface area contributed by atoms with Gasteiger partial charge in [-0.05, 0) is 52.4 Å². The second-order valence-electron chi connectivity index (χ2n) is 8.13. The van der Waals surface area contributed by atoms with E-state index in [1.807, 2.05) is 0 Å². The molecule has 0 amide bonds. The van der Waals surface area contributed by atoms with Crippen molar-refractivity contribution in [1.29, 1.82) is 0 Å². The molecule has 0 spiro atoms. The molecule has 3 nitrogen and oxygen atoms in total. The zero-order valence-corrected chi connectivity index (χ0v) is 13.4. The standard InChI is InChI=1S/C16H32N2O/c1-14(2)11-12(15(3,4)19-14)13(18-17)16(5)9-7-6-8-10-16/h12-13,18H,6-11,17H2,1-5H3. The first kappa shape index (κ1) is 15.3. The fourth-order valence-corrected chi connectivity index (χ4v) is 4.60. The summed E-state index contributed by atoms with van der Waals surface area (Å²) in [6.45, 7) is 11.3. The zero-order valence-electron chi connectivity index (χ0n) is 13.4. The molecule has 3 heteroatoms. The van der Waals surface area contributed by atoms with Crippen LogP contribution in [-0.4, -0.2) is 17.2 Å². The van der Waals surface area contributed by atoms with Crippen LogP contribution < -0.4 is 11.3 Å². The van der Waals surface area contributed by atoms with Crippen molar-refractivity contribution in [2.24, 2.45) is 17.2 Å². The van der Waals surface area contributed by atoms with Crippen molar-refractivity contribution in [3.05, 3.63) is 0 Å². The Hall–Kier alpha value is -0.120. The van der Waals surface area contributed by atoms with Crippen LogP contribution in [-0.2, 0) is 4.74 Å². The summed E-state index contributed by atoms with van der Waals surface area (Å²) in [7, 11) is 0. The highest BCUT2D eigenvalue weighted by Gasteiger charge is 2.53. The molecule has 0 radical (unpaired) electrons. The Morgan fingerprint density at radius 3 is 2.05 bits per heavy atom. The van der Waals surface area contributed by atoms with E-state index in [2.05, 4.69) is 40.0 Å². The Kier molecular flexibility index (Phi) is 4.03. The number of hydrazine groups is 1. The monoisotopic (exact) mass is 268 g/mol. The van der Waals surface area contributed by atoms with Crippen molar-refractivity contribution < 1.29 is 4.74 Å². The summed E-state index contributed by atoms with van der Waals surface area (Å²) >= 11 is 0. The maximum absolute atomic E-state index is 6.27. The van der Waals surface area contributed by atoms with Crippen molar-refractivity contribution in [3.8, 4) is 0 Å². The third kappa shape index (κ3) is 2.98. The lowest BCUT2D eigenvalue weighted by atomic mass is 9.64. The summed E-state index contributed by atoms with van der Waals surface area (Å²) < 4.78 is 6.27. The molecule has 19 heavy (non-hydrogen) atoms. The van der Waals surface area contributed by atoms with E-state index in [0.717, 1.165) is 6.42 Å². The van der Waals surface area contributed by atoms with Gasteiger partial charge in [-0.15, -0.1) is 0 Å². The average molecular weight is 268 g/mol. The normalized spacial score (nSPS) is 34.1. The van der Waals surface area contributed by atoms with Gasteiger partial charge in [0.1, 0.15) is 0 Å². The third-order valence-corrected chi connectivity index (χ3v) is 5.47. The minimum absolute atomic E-state index is 0.0334. The van der Waals surface area contributed by atoms with Gasteiger partial charge in [-0.25, -0.2) is 0 Å². The van der Waals surface area contributed by atoms with E-state index in [-0.39, 0.29) is 11.2 Å². The highest BCUT2D eigenvalue weighted by Crippen LogP contribution is 2.50. The Labute approximate surface area is 118 Å². The molecule has 0 bridgehead atoms. The summed E-state index contributed by atoms with van der Waals surface area (Å²) in [5.41, 5.74) is 3.36. The van der Waals surface area contributed by atoms with E-state index in [1.54, 1.807) is 0 Å². The second-order valence-corrected chi connectivity index (χ2v) is 8.13.